The van der Waals surface area contributed by atoms with Crippen LogP contribution in [0.15, 0.2) is 30.9 Å². The average molecular weight is 165 g/mol. The van der Waals surface area contributed by atoms with Crippen molar-refractivity contribution in [1.82, 2.24) is 4.57 Å². The van der Waals surface area contributed by atoms with Gasteiger partial charge in [-0.05, 0) is 6.42 Å². The van der Waals surface area contributed by atoms with Gasteiger partial charge in [0.15, 0.2) is 0 Å². The standard InChI is InChI=1S/C10H17N2/c1-3-4-5-6-7-12-9-8-11(2)10-12/h4-5,8-10H,3,6-7H2,1-2H3/q+1/b5-4+. The van der Waals surface area contributed by atoms with E-state index in [4.69, 9.17) is 0 Å². The minimum atomic E-state index is 1.08. The molecule has 0 radical (unpaired) electrons. The second kappa shape index (κ2) is 4.75. The highest BCUT2D eigenvalue weighted by Gasteiger charge is 1.96. The molecule has 0 aliphatic heterocycles. The second-order valence-corrected chi connectivity index (χ2v) is 2.99. The number of aryl methyl sites for hydroxylation is 2. The van der Waals surface area contributed by atoms with E-state index in [-0.39, 0.29) is 0 Å². The Labute approximate surface area is 74.1 Å². The van der Waals surface area contributed by atoms with Crippen LogP contribution in [0.1, 0.15) is 19.8 Å². The molecular formula is C10H17N2+. The molecule has 2 heteroatoms. The van der Waals surface area contributed by atoms with Crippen molar-refractivity contribution in [2.45, 2.75) is 26.3 Å². The lowest BCUT2D eigenvalue weighted by atomic mass is 10.3. The molecule has 0 amide bonds. The first-order valence-electron chi connectivity index (χ1n) is 4.49. The number of aromatic nitrogens is 2. The zero-order chi connectivity index (χ0) is 8.81. The summed E-state index contributed by atoms with van der Waals surface area (Å²) < 4.78 is 4.25. The van der Waals surface area contributed by atoms with Crippen molar-refractivity contribution < 1.29 is 4.57 Å². The molecule has 66 valence electrons. The minimum absolute atomic E-state index is 1.08. The van der Waals surface area contributed by atoms with Gasteiger partial charge in [0, 0.05) is 6.42 Å². The van der Waals surface area contributed by atoms with Gasteiger partial charge in [0.1, 0.15) is 12.4 Å². The first kappa shape index (κ1) is 9.04. The van der Waals surface area contributed by atoms with Crippen molar-refractivity contribution in [2.24, 2.45) is 7.05 Å². The maximum Gasteiger partial charge on any atom is 0.243 e. The summed E-state index contributed by atoms with van der Waals surface area (Å²) in [6.07, 6.45) is 13.0. The number of imidazole rings is 1. The summed E-state index contributed by atoms with van der Waals surface area (Å²) in [6.45, 7) is 3.24. The number of allylic oxidation sites excluding steroid dienone is 2. The average Bonchev–Trinajstić information content (AvgIpc) is 2.45. The van der Waals surface area contributed by atoms with Crippen LogP contribution in [0, 0.1) is 0 Å². The maximum absolute atomic E-state index is 2.24. The van der Waals surface area contributed by atoms with Crippen LogP contribution >= 0.6 is 0 Å². The second-order valence-electron chi connectivity index (χ2n) is 2.99. The largest absolute Gasteiger partial charge is 0.243 e. The molecule has 1 heterocycles. The van der Waals surface area contributed by atoms with Crippen LogP contribution in [-0.2, 0) is 13.6 Å². The number of nitrogens with zero attached hydrogens (tertiary/aromatic N) is 2. The number of rotatable bonds is 4. The van der Waals surface area contributed by atoms with Gasteiger partial charge in [0.05, 0.1) is 13.6 Å². The van der Waals surface area contributed by atoms with Gasteiger partial charge < -0.3 is 0 Å². The van der Waals surface area contributed by atoms with Crippen LogP contribution in [0.5, 0.6) is 0 Å². The maximum atomic E-state index is 2.24. The Bertz CT molecular complexity index is 248. The summed E-state index contributed by atoms with van der Waals surface area (Å²) in [5.41, 5.74) is 0. The molecule has 0 atom stereocenters. The highest BCUT2D eigenvalue weighted by Crippen LogP contribution is 1.91. The van der Waals surface area contributed by atoms with E-state index in [1.807, 2.05) is 7.05 Å². The minimum Gasteiger partial charge on any atom is -0.240 e. The first-order chi connectivity index (χ1) is 5.83. The van der Waals surface area contributed by atoms with Crippen LogP contribution in [0.2, 0.25) is 0 Å². The number of hydrogen-bond donors (Lipinski definition) is 0. The molecule has 1 aromatic rings. The smallest absolute Gasteiger partial charge is 0.240 e. The van der Waals surface area contributed by atoms with E-state index in [1.165, 1.54) is 0 Å². The van der Waals surface area contributed by atoms with Crippen molar-refractivity contribution in [3.63, 3.8) is 0 Å². The molecule has 0 bridgehead atoms. The Balaban J connectivity index is 2.28. The van der Waals surface area contributed by atoms with E-state index in [0.29, 0.717) is 0 Å². The van der Waals surface area contributed by atoms with Gasteiger partial charge in [-0.15, -0.1) is 0 Å². The van der Waals surface area contributed by atoms with Gasteiger partial charge in [0.2, 0.25) is 6.33 Å². The molecule has 1 aromatic heterocycles. The molecule has 0 N–H and O–H groups in total. The van der Waals surface area contributed by atoms with Gasteiger partial charge >= 0.3 is 0 Å². The number of hydrogen-bond acceptors (Lipinski definition) is 0. The fourth-order valence-electron chi connectivity index (χ4n) is 1.14. The highest BCUT2D eigenvalue weighted by atomic mass is 15.1. The Morgan fingerprint density at radius 3 is 2.83 bits per heavy atom. The normalized spacial score (nSPS) is 11.2. The van der Waals surface area contributed by atoms with E-state index >= 15 is 0 Å². The van der Waals surface area contributed by atoms with E-state index in [9.17, 15) is 0 Å². The summed E-state index contributed by atoms with van der Waals surface area (Å²) in [6, 6.07) is 0. The van der Waals surface area contributed by atoms with Crippen LogP contribution in [0.4, 0.5) is 0 Å². The molecular weight excluding hydrogens is 148 g/mol. The zero-order valence-electron chi connectivity index (χ0n) is 7.90. The lowest BCUT2D eigenvalue weighted by Crippen LogP contribution is -2.23. The SMILES string of the molecule is CC/C=C/CCn1cc[n+](C)c1. The summed E-state index contributed by atoms with van der Waals surface area (Å²) in [5, 5.41) is 0. The third-order valence-corrected chi connectivity index (χ3v) is 1.78. The molecule has 0 aliphatic carbocycles. The molecule has 1 rings (SSSR count). The van der Waals surface area contributed by atoms with Crippen LogP contribution in [0.25, 0.3) is 0 Å². The molecule has 0 saturated heterocycles. The van der Waals surface area contributed by atoms with Gasteiger partial charge in [0.25, 0.3) is 0 Å². The van der Waals surface area contributed by atoms with Gasteiger partial charge in [-0.3, -0.25) is 0 Å². The lowest BCUT2D eigenvalue weighted by Gasteiger charge is -1.89. The Morgan fingerprint density at radius 2 is 2.25 bits per heavy atom. The quantitative estimate of drug-likeness (QED) is 0.474. The fourth-order valence-corrected chi connectivity index (χ4v) is 1.14. The fraction of sp³-hybridized carbons (Fsp3) is 0.500. The van der Waals surface area contributed by atoms with E-state index in [1.54, 1.807) is 0 Å². The highest BCUT2D eigenvalue weighted by molar-refractivity contribution is 4.80. The molecule has 0 fully saturated rings. The predicted molar refractivity (Wildman–Crippen MR) is 49.7 cm³/mol. The van der Waals surface area contributed by atoms with Crippen molar-refractivity contribution in [2.75, 3.05) is 0 Å². The molecule has 0 spiro atoms. The van der Waals surface area contributed by atoms with Gasteiger partial charge in [-0.1, -0.05) is 19.1 Å². The molecule has 2 nitrogen and oxygen atoms in total. The summed E-state index contributed by atoms with van der Waals surface area (Å²) >= 11 is 0. The van der Waals surface area contributed by atoms with Crippen LogP contribution in [0.3, 0.4) is 0 Å². The van der Waals surface area contributed by atoms with Crippen molar-refractivity contribution in [1.29, 1.82) is 0 Å². The van der Waals surface area contributed by atoms with Crippen molar-refractivity contribution >= 4 is 0 Å². The summed E-state index contributed by atoms with van der Waals surface area (Å²) in [5.74, 6) is 0. The zero-order valence-corrected chi connectivity index (χ0v) is 7.90. The predicted octanol–water partition coefficient (Wildman–Crippen LogP) is 1.67. The Morgan fingerprint density at radius 1 is 1.42 bits per heavy atom. The van der Waals surface area contributed by atoms with Crippen LogP contribution in [-0.4, -0.2) is 4.57 Å². The van der Waals surface area contributed by atoms with Crippen molar-refractivity contribution in [3.8, 4) is 0 Å². The topological polar surface area (TPSA) is 8.81 Å². The van der Waals surface area contributed by atoms with Gasteiger partial charge in [-0.2, -0.15) is 0 Å². The Kier molecular flexibility index (Phi) is 3.58. The van der Waals surface area contributed by atoms with Crippen LogP contribution < -0.4 is 4.57 Å². The van der Waals surface area contributed by atoms with E-state index in [2.05, 4.69) is 46.9 Å². The van der Waals surface area contributed by atoms with Gasteiger partial charge in [-0.25, -0.2) is 9.13 Å². The summed E-state index contributed by atoms with van der Waals surface area (Å²) in [7, 11) is 2.04. The van der Waals surface area contributed by atoms with E-state index < -0.39 is 0 Å². The molecule has 0 saturated carbocycles. The Hall–Kier alpha value is -1.05. The first-order valence-corrected chi connectivity index (χ1v) is 4.49. The lowest BCUT2D eigenvalue weighted by molar-refractivity contribution is -0.671. The van der Waals surface area contributed by atoms with Crippen molar-refractivity contribution in [3.05, 3.63) is 30.9 Å². The molecule has 12 heavy (non-hydrogen) atoms. The molecule has 0 aliphatic rings. The monoisotopic (exact) mass is 165 g/mol. The molecule has 0 unspecified atom stereocenters. The summed E-state index contributed by atoms with van der Waals surface area (Å²) in [4.78, 5) is 0. The third kappa shape index (κ3) is 2.91. The van der Waals surface area contributed by atoms with E-state index in [0.717, 1.165) is 19.4 Å². The molecule has 0 aromatic carbocycles. The third-order valence-electron chi connectivity index (χ3n) is 1.78.